The van der Waals surface area contributed by atoms with Gasteiger partial charge in [-0.05, 0) is 56.4 Å². The number of ether oxygens (including phenoxy) is 1. The highest BCUT2D eigenvalue weighted by molar-refractivity contribution is 7.80. The van der Waals surface area contributed by atoms with Crippen LogP contribution >= 0.6 is 23.8 Å². The summed E-state index contributed by atoms with van der Waals surface area (Å²) in [6, 6.07) is 11.8. The van der Waals surface area contributed by atoms with Crippen LogP contribution < -0.4 is 15.5 Å². The Morgan fingerprint density at radius 2 is 2.00 bits per heavy atom. The summed E-state index contributed by atoms with van der Waals surface area (Å²) in [4.78, 5) is 10.4. The number of hydrogen-bond acceptors (Lipinski definition) is 5. The Hall–Kier alpha value is -2.71. The van der Waals surface area contributed by atoms with E-state index in [4.69, 9.17) is 28.6 Å². The average Bonchev–Trinajstić information content (AvgIpc) is 2.61. The number of nitrogens with zero attached hydrogens (tertiary/aromatic N) is 2. The number of anilines is 1. The molecule has 0 saturated heterocycles. The molecule has 0 aliphatic rings. The molecule has 0 saturated carbocycles. The number of benzene rings is 2. The molecule has 7 nitrogen and oxygen atoms in total. The molecule has 0 aliphatic carbocycles. The molecule has 0 unspecified atom stereocenters. The van der Waals surface area contributed by atoms with E-state index >= 15 is 0 Å². The summed E-state index contributed by atoms with van der Waals surface area (Å²) in [6.07, 6.45) is 0. The van der Waals surface area contributed by atoms with Crippen molar-refractivity contribution in [3.8, 4) is 5.75 Å². The van der Waals surface area contributed by atoms with Gasteiger partial charge in [0.25, 0.3) is 5.69 Å². The first-order valence-corrected chi connectivity index (χ1v) is 8.47. The summed E-state index contributed by atoms with van der Waals surface area (Å²) in [5.74, 6) is 0.773. The molecule has 2 aromatic rings. The van der Waals surface area contributed by atoms with Crippen molar-refractivity contribution in [2.75, 3.05) is 11.9 Å². The Morgan fingerprint density at radius 1 is 1.31 bits per heavy atom. The summed E-state index contributed by atoms with van der Waals surface area (Å²) in [6.45, 7) is 4.23. The summed E-state index contributed by atoms with van der Waals surface area (Å²) < 4.78 is 5.37. The molecule has 0 fully saturated rings. The van der Waals surface area contributed by atoms with Crippen LogP contribution in [0.2, 0.25) is 5.02 Å². The van der Waals surface area contributed by atoms with Gasteiger partial charge in [0.1, 0.15) is 10.8 Å². The second-order valence-electron chi connectivity index (χ2n) is 5.14. The molecule has 26 heavy (non-hydrogen) atoms. The Morgan fingerprint density at radius 3 is 2.62 bits per heavy atom. The molecule has 0 radical (unpaired) electrons. The average molecular weight is 393 g/mol. The normalized spacial score (nSPS) is 11.0. The molecule has 2 rings (SSSR count). The van der Waals surface area contributed by atoms with Crippen molar-refractivity contribution in [3.63, 3.8) is 0 Å². The van der Waals surface area contributed by atoms with Gasteiger partial charge >= 0.3 is 0 Å². The van der Waals surface area contributed by atoms with E-state index in [0.717, 1.165) is 11.4 Å². The Kier molecular flexibility index (Phi) is 6.88. The summed E-state index contributed by atoms with van der Waals surface area (Å²) in [7, 11) is 0. The molecular formula is C17H17ClN4O3S. The fraction of sp³-hybridized carbons (Fsp3) is 0.176. The fourth-order valence-corrected chi connectivity index (χ4v) is 2.39. The van der Waals surface area contributed by atoms with Crippen LogP contribution in [0.5, 0.6) is 5.75 Å². The molecule has 0 spiro atoms. The van der Waals surface area contributed by atoms with Gasteiger partial charge in [-0.3, -0.25) is 15.5 Å². The predicted octanol–water partition coefficient (Wildman–Crippen LogP) is 4.36. The lowest BCUT2D eigenvalue weighted by Crippen LogP contribution is -2.24. The van der Waals surface area contributed by atoms with Crippen LogP contribution in [0.15, 0.2) is 47.6 Å². The topological polar surface area (TPSA) is 88.8 Å². The highest BCUT2D eigenvalue weighted by Crippen LogP contribution is 2.25. The molecular weight excluding hydrogens is 376 g/mol. The monoisotopic (exact) mass is 392 g/mol. The van der Waals surface area contributed by atoms with Crippen LogP contribution in [0.1, 0.15) is 19.4 Å². The quantitative estimate of drug-likeness (QED) is 0.328. The van der Waals surface area contributed by atoms with Gasteiger partial charge < -0.3 is 10.1 Å². The summed E-state index contributed by atoms with van der Waals surface area (Å²) >= 11 is 11.0. The summed E-state index contributed by atoms with van der Waals surface area (Å²) in [5.41, 5.74) is 4.41. The SMILES string of the molecule is CCOc1ccc(NC(=S)NN=C(C)c2ccc(Cl)c([N+](=O)[O-])c2)cc1. The number of nitro groups is 1. The van der Waals surface area contributed by atoms with Gasteiger partial charge in [0.15, 0.2) is 5.11 Å². The van der Waals surface area contributed by atoms with E-state index in [1.54, 1.807) is 13.0 Å². The number of thiocarbonyl (C=S) groups is 1. The molecule has 0 atom stereocenters. The van der Waals surface area contributed by atoms with Crippen LogP contribution in [-0.4, -0.2) is 22.4 Å². The van der Waals surface area contributed by atoms with Crippen molar-refractivity contribution in [2.45, 2.75) is 13.8 Å². The molecule has 2 aromatic carbocycles. The Bertz CT molecular complexity index is 840. The standard InChI is InChI=1S/C17H17ClN4O3S/c1-3-25-14-7-5-13(6-8-14)19-17(26)21-20-11(2)12-4-9-15(18)16(10-12)22(23)24/h4-10H,3H2,1-2H3,(H2,19,21,26). The number of hydrazone groups is 1. The fourth-order valence-electron chi connectivity index (χ4n) is 2.04. The smallest absolute Gasteiger partial charge is 0.288 e. The number of hydrogen-bond donors (Lipinski definition) is 2. The van der Waals surface area contributed by atoms with E-state index in [2.05, 4.69) is 15.8 Å². The van der Waals surface area contributed by atoms with Crippen LogP contribution in [0.25, 0.3) is 0 Å². The third-order valence-corrected chi connectivity index (χ3v) is 3.82. The molecule has 136 valence electrons. The van der Waals surface area contributed by atoms with Crippen molar-refractivity contribution in [2.24, 2.45) is 5.10 Å². The molecule has 2 N–H and O–H groups in total. The first kappa shape index (κ1) is 19.6. The first-order chi connectivity index (χ1) is 12.4. The van der Waals surface area contributed by atoms with Gasteiger partial charge in [-0.1, -0.05) is 17.7 Å². The van der Waals surface area contributed by atoms with Gasteiger partial charge in [-0.15, -0.1) is 0 Å². The van der Waals surface area contributed by atoms with Crippen molar-refractivity contribution in [1.29, 1.82) is 0 Å². The maximum absolute atomic E-state index is 11.0. The number of halogens is 1. The lowest BCUT2D eigenvalue weighted by atomic mass is 10.1. The minimum absolute atomic E-state index is 0.0761. The van der Waals surface area contributed by atoms with E-state index in [0.29, 0.717) is 17.9 Å². The molecule has 0 aliphatic heterocycles. The van der Waals surface area contributed by atoms with Crippen LogP contribution in [0, 0.1) is 10.1 Å². The van der Waals surface area contributed by atoms with Gasteiger partial charge in [-0.25, -0.2) is 0 Å². The van der Waals surface area contributed by atoms with Gasteiger partial charge in [0, 0.05) is 17.3 Å². The molecule has 0 amide bonds. The van der Waals surface area contributed by atoms with Crippen molar-refractivity contribution in [3.05, 3.63) is 63.2 Å². The van der Waals surface area contributed by atoms with Crippen LogP contribution in [0.3, 0.4) is 0 Å². The van der Waals surface area contributed by atoms with Gasteiger partial charge in [-0.2, -0.15) is 5.10 Å². The maximum Gasteiger partial charge on any atom is 0.288 e. The van der Waals surface area contributed by atoms with E-state index < -0.39 is 4.92 Å². The summed E-state index contributed by atoms with van der Waals surface area (Å²) in [5, 5.41) is 18.4. The van der Waals surface area contributed by atoms with Gasteiger partial charge in [0.05, 0.1) is 17.2 Å². The molecule has 9 heteroatoms. The molecule has 0 heterocycles. The zero-order valence-corrected chi connectivity index (χ0v) is 15.7. The maximum atomic E-state index is 11.0. The van der Waals surface area contributed by atoms with Crippen LogP contribution in [-0.2, 0) is 0 Å². The Balaban J connectivity index is 2.00. The Labute approximate surface area is 161 Å². The third-order valence-electron chi connectivity index (χ3n) is 3.31. The third kappa shape index (κ3) is 5.40. The van der Waals surface area contributed by atoms with Crippen molar-refractivity contribution >= 4 is 46.0 Å². The first-order valence-electron chi connectivity index (χ1n) is 7.69. The largest absolute Gasteiger partial charge is 0.494 e. The zero-order valence-electron chi connectivity index (χ0n) is 14.2. The minimum Gasteiger partial charge on any atom is -0.494 e. The van der Waals surface area contributed by atoms with Crippen molar-refractivity contribution < 1.29 is 9.66 Å². The van der Waals surface area contributed by atoms with E-state index in [1.807, 2.05) is 31.2 Å². The number of rotatable bonds is 6. The molecule has 0 bridgehead atoms. The lowest BCUT2D eigenvalue weighted by Gasteiger charge is -2.09. The van der Waals surface area contributed by atoms with E-state index in [9.17, 15) is 10.1 Å². The van der Waals surface area contributed by atoms with Crippen molar-refractivity contribution in [1.82, 2.24) is 5.43 Å². The number of nitrogens with one attached hydrogen (secondary N) is 2. The highest BCUT2D eigenvalue weighted by atomic mass is 35.5. The van der Waals surface area contributed by atoms with E-state index in [-0.39, 0.29) is 15.8 Å². The highest BCUT2D eigenvalue weighted by Gasteiger charge is 2.13. The minimum atomic E-state index is -0.537. The van der Waals surface area contributed by atoms with Crippen LogP contribution in [0.4, 0.5) is 11.4 Å². The molecule has 0 aromatic heterocycles. The zero-order chi connectivity index (χ0) is 19.1. The predicted molar refractivity (Wildman–Crippen MR) is 107 cm³/mol. The second-order valence-corrected chi connectivity index (χ2v) is 5.96. The lowest BCUT2D eigenvalue weighted by molar-refractivity contribution is -0.384. The van der Waals surface area contributed by atoms with E-state index in [1.165, 1.54) is 12.1 Å². The number of nitro benzene ring substituents is 1. The van der Waals surface area contributed by atoms with Gasteiger partial charge in [0.2, 0.25) is 0 Å². The second kappa shape index (κ2) is 9.12.